The standard InChI is InChI=1S/C19H23N5O3/c1-13(25)22-16-4-6-17(7-5-16)23-19(27)15-10-14(11-20-12-15)18(26)21-8-9-24(2)3/h4-7,10-12H,8-9H2,1-3H3,(H,21,26)(H,22,25)(H,23,27). The van der Waals surface area contributed by atoms with E-state index in [1.165, 1.54) is 25.4 Å². The molecule has 1 aromatic carbocycles. The fourth-order valence-electron chi connectivity index (χ4n) is 2.23. The predicted molar refractivity (Wildman–Crippen MR) is 104 cm³/mol. The molecule has 0 saturated heterocycles. The quantitative estimate of drug-likeness (QED) is 0.688. The number of pyridine rings is 1. The first-order valence-corrected chi connectivity index (χ1v) is 8.42. The van der Waals surface area contributed by atoms with Gasteiger partial charge < -0.3 is 20.9 Å². The normalized spacial score (nSPS) is 10.4. The molecule has 0 aliphatic heterocycles. The molecule has 2 aromatic rings. The van der Waals surface area contributed by atoms with Gasteiger partial charge in [-0.25, -0.2) is 0 Å². The zero-order valence-electron chi connectivity index (χ0n) is 15.6. The van der Waals surface area contributed by atoms with Crippen LogP contribution in [0.2, 0.25) is 0 Å². The van der Waals surface area contributed by atoms with Crippen LogP contribution in [0.1, 0.15) is 27.6 Å². The predicted octanol–water partition coefficient (Wildman–Crippen LogP) is 1.58. The smallest absolute Gasteiger partial charge is 0.257 e. The molecule has 1 aromatic heterocycles. The van der Waals surface area contributed by atoms with Gasteiger partial charge in [-0.15, -0.1) is 0 Å². The minimum Gasteiger partial charge on any atom is -0.351 e. The van der Waals surface area contributed by atoms with Gasteiger partial charge in [0.15, 0.2) is 0 Å². The van der Waals surface area contributed by atoms with E-state index in [1.54, 1.807) is 24.3 Å². The number of carbonyl (C=O) groups is 3. The lowest BCUT2D eigenvalue weighted by Crippen LogP contribution is -2.31. The van der Waals surface area contributed by atoms with Gasteiger partial charge in [-0.3, -0.25) is 19.4 Å². The van der Waals surface area contributed by atoms with Crippen molar-refractivity contribution in [2.24, 2.45) is 0 Å². The highest BCUT2D eigenvalue weighted by Crippen LogP contribution is 2.15. The Kier molecular flexibility index (Phi) is 7.01. The van der Waals surface area contributed by atoms with E-state index in [-0.39, 0.29) is 23.3 Å². The molecule has 8 heteroatoms. The lowest BCUT2D eigenvalue weighted by molar-refractivity contribution is -0.114. The maximum atomic E-state index is 12.4. The van der Waals surface area contributed by atoms with Gasteiger partial charge in [-0.1, -0.05) is 0 Å². The van der Waals surface area contributed by atoms with Gasteiger partial charge >= 0.3 is 0 Å². The summed E-state index contributed by atoms with van der Waals surface area (Å²) >= 11 is 0. The van der Waals surface area contributed by atoms with Crippen LogP contribution in [-0.2, 0) is 4.79 Å². The summed E-state index contributed by atoms with van der Waals surface area (Å²) in [6, 6.07) is 8.22. The largest absolute Gasteiger partial charge is 0.351 e. The fourth-order valence-corrected chi connectivity index (χ4v) is 2.23. The molecule has 3 amide bonds. The Morgan fingerprint density at radius 1 is 0.926 bits per heavy atom. The van der Waals surface area contributed by atoms with Crippen LogP contribution in [0.15, 0.2) is 42.7 Å². The Morgan fingerprint density at radius 3 is 2.04 bits per heavy atom. The lowest BCUT2D eigenvalue weighted by atomic mass is 10.1. The number of benzene rings is 1. The highest BCUT2D eigenvalue weighted by molar-refractivity contribution is 6.06. The van der Waals surface area contributed by atoms with Crippen molar-refractivity contribution in [3.63, 3.8) is 0 Å². The first-order chi connectivity index (χ1) is 12.8. The summed E-state index contributed by atoms with van der Waals surface area (Å²) in [5, 5.41) is 8.17. The van der Waals surface area contributed by atoms with E-state index in [0.29, 0.717) is 30.0 Å². The number of carbonyl (C=O) groups excluding carboxylic acids is 3. The van der Waals surface area contributed by atoms with Crippen molar-refractivity contribution < 1.29 is 14.4 Å². The highest BCUT2D eigenvalue weighted by Gasteiger charge is 2.11. The minimum atomic E-state index is -0.377. The fraction of sp³-hybridized carbons (Fsp3) is 0.263. The zero-order chi connectivity index (χ0) is 19.8. The summed E-state index contributed by atoms with van der Waals surface area (Å²) < 4.78 is 0. The van der Waals surface area contributed by atoms with Gasteiger partial charge in [0.2, 0.25) is 5.91 Å². The average Bonchev–Trinajstić information content (AvgIpc) is 2.62. The lowest BCUT2D eigenvalue weighted by Gasteiger charge is -2.11. The average molecular weight is 369 g/mol. The number of nitrogens with zero attached hydrogens (tertiary/aromatic N) is 2. The molecule has 0 saturated carbocycles. The molecule has 0 radical (unpaired) electrons. The third-order valence-corrected chi connectivity index (χ3v) is 3.57. The third-order valence-electron chi connectivity index (χ3n) is 3.57. The maximum Gasteiger partial charge on any atom is 0.257 e. The second kappa shape index (κ2) is 9.44. The number of anilines is 2. The van der Waals surface area contributed by atoms with Crippen LogP contribution in [-0.4, -0.2) is 54.8 Å². The molecule has 27 heavy (non-hydrogen) atoms. The van der Waals surface area contributed by atoms with Gasteiger partial charge in [0, 0.05) is 43.8 Å². The first-order valence-electron chi connectivity index (χ1n) is 8.42. The molecule has 0 spiro atoms. The van der Waals surface area contributed by atoms with Crippen LogP contribution < -0.4 is 16.0 Å². The zero-order valence-corrected chi connectivity index (χ0v) is 15.6. The summed E-state index contributed by atoms with van der Waals surface area (Å²) in [6.45, 7) is 2.64. The Balaban J connectivity index is 2.00. The van der Waals surface area contributed by atoms with Gasteiger partial charge in [0.25, 0.3) is 11.8 Å². The van der Waals surface area contributed by atoms with E-state index in [2.05, 4.69) is 20.9 Å². The van der Waals surface area contributed by atoms with Crippen LogP contribution in [0.25, 0.3) is 0 Å². The van der Waals surface area contributed by atoms with Crippen molar-refractivity contribution >= 4 is 29.1 Å². The van der Waals surface area contributed by atoms with Crippen molar-refractivity contribution in [1.29, 1.82) is 0 Å². The number of rotatable bonds is 7. The Labute approximate surface area is 158 Å². The summed E-state index contributed by atoms with van der Waals surface area (Å²) in [5.41, 5.74) is 1.80. The summed E-state index contributed by atoms with van der Waals surface area (Å²) in [7, 11) is 3.84. The number of likely N-dealkylation sites (N-methyl/N-ethyl adjacent to an activating group) is 1. The van der Waals surface area contributed by atoms with Gasteiger partial charge in [-0.2, -0.15) is 0 Å². The van der Waals surface area contributed by atoms with Gasteiger partial charge in [0.05, 0.1) is 11.1 Å². The van der Waals surface area contributed by atoms with Crippen molar-refractivity contribution in [1.82, 2.24) is 15.2 Å². The van der Waals surface area contributed by atoms with Crippen molar-refractivity contribution in [2.75, 3.05) is 37.8 Å². The van der Waals surface area contributed by atoms with Crippen LogP contribution in [0.3, 0.4) is 0 Å². The Bertz CT molecular complexity index is 818. The topological polar surface area (TPSA) is 103 Å². The van der Waals surface area contributed by atoms with Crippen molar-refractivity contribution in [3.8, 4) is 0 Å². The third kappa shape index (κ3) is 6.52. The molecule has 0 aliphatic carbocycles. The number of hydrogen-bond donors (Lipinski definition) is 3. The first kappa shape index (κ1) is 20.1. The molecule has 0 atom stereocenters. The van der Waals surface area contributed by atoms with E-state index >= 15 is 0 Å². The SMILES string of the molecule is CC(=O)Nc1ccc(NC(=O)c2cncc(C(=O)NCCN(C)C)c2)cc1. The minimum absolute atomic E-state index is 0.168. The molecule has 3 N–H and O–H groups in total. The van der Waals surface area contributed by atoms with Gasteiger partial charge in [0.1, 0.15) is 0 Å². The number of amides is 3. The van der Waals surface area contributed by atoms with E-state index in [4.69, 9.17) is 0 Å². The second-order valence-electron chi connectivity index (χ2n) is 6.23. The van der Waals surface area contributed by atoms with Gasteiger partial charge in [-0.05, 0) is 44.4 Å². The number of hydrogen-bond acceptors (Lipinski definition) is 5. The molecular weight excluding hydrogens is 346 g/mol. The van der Waals surface area contributed by atoms with Crippen molar-refractivity contribution in [2.45, 2.75) is 6.92 Å². The summed E-state index contributed by atoms with van der Waals surface area (Å²) in [4.78, 5) is 41.5. The van der Waals surface area contributed by atoms with Crippen LogP contribution in [0.5, 0.6) is 0 Å². The Hall–Kier alpha value is -3.26. The molecule has 0 bridgehead atoms. The molecule has 8 nitrogen and oxygen atoms in total. The molecule has 0 fully saturated rings. The Morgan fingerprint density at radius 2 is 1.48 bits per heavy atom. The molecule has 2 rings (SSSR count). The van der Waals surface area contributed by atoms with E-state index in [9.17, 15) is 14.4 Å². The van der Waals surface area contributed by atoms with Crippen LogP contribution >= 0.6 is 0 Å². The van der Waals surface area contributed by atoms with E-state index < -0.39 is 0 Å². The molecule has 1 heterocycles. The maximum absolute atomic E-state index is 12.4. The molecule has 0 aliphatic rings. The van der Waals surface area contributed by atoms with Crippen LogP contribution in [0, 0.1) is 0 Å². The van der Waals surface area contributed by atoms with Crippen LogP contribution in [0.4, 0.5) is 11.4 Å². The molecule has 0 unspecified atom stereocenters. The summed E-state index contributed by atoms with van der Waals surface area (Å²) in [6.07, 6.45) is 2.82. The monoisotopic (exact) mass is 369 g/mol. The van der Waals surface area contributed by atoms with E-state index in [0.717, 1.165) is 0 Å². The van der Waals surface area contributed by atoms with E-state index in [1.807, 2.05) is 19.0 Å². The number of nitrogens with one attached hydrogen (secondary N) is 3. The molecule has 142 valence electrons. The molecular formula is C19H23N5O3. The highest BCUT2D eigenvalue weighted by atomic mass is 16.2. The number of aromatic nitrogens is 1. The van der Waals surface area contributed by atoms with Crippen molar-refractivity contribution in [3.05, 3.63) is 53.9 Å². The summed E-state index contributed by atoms with van der Waals surface area (Å²) in [5.74, 6) is -0.824. The second-order valence-corrected chi connectivity index (χ2v) is 6.23.